The Morgan fingerprint density at radius 1 is 1.45 bits per heavy atom. The van der Waals surface area contributed by atoms with Crippen LogP contribution in [0.5, 0.6) is 0 Å². The number of hydrogen-bond acceptors (Lipinski definition) is 4. The molecule has 0 aromatic rings. The van der Waals surface area contributed by atoms with Crippen molar-refractivity contribution in [2.45, 2.75) is 6.92 Å². The van der Waals surface area contributed by atoms with Gasteiger partial charge >= 0.3 is 11.9 Å². The molecule has 0 aliphatic heterocycles. The number of amides is 1. The van der Waals surface area contributed by atoms with Crippen LogP contribution in [0.25, 0.3) is 0 Å². The number of carbonyl (C=O) groups is 2. The van der Waals surface area contributed by atoms with Crippen LogP contribution in [-0.2, 0) is 19.1 Å². The lowest BCUT2D eigenvalue weighted by molar-refractivity contribution is -0.155. The van der Waals surface area contributed by atoms with E-state index in [1.807, 2.05) is 0 Å². The summed E-state index contributed by atoms with van der Waals surface area (Å²) in [7, 11) is 1.41. The van der Waals surface area contributed by atoms with Gasteiger partial charge in [0.25, 0.3) is 0 Å². The largest absolute Gasteiger partial charge is 0.459 e. The van der Waals surface area contributed by atoms with E-state index in [1.165, 1.54) is 7.11 Å². The fourth-order valence-electron chi connectivity index (χ4n) is 0.407. The second-order valence-corrected chi connectivity index (χ2v) is 1.66. The van der Waals surface area contributed by atoms with Crippen molar-refractivity contribution < 1.29 is 19.1 Å². The number of carbonyl (C=O) groups excluding carboxylic acids is 2. The van der Waals surface area contributed by atoms with Crippen molar-refractivity contribution >= 4 is 11.9 Å². The van der Waals surface area contributed by atoms with Crippen LogP contribution in [0.2, 0.25) is 0 Å². The van der Waals surface area contributed by atoms with Gasteiger partial charge in [-0.25, -0.2) is 4.79 Å². The first-order chi connectivity index (χ1) is 5.22. The molecule has 0 saturated heterocycles. The van der Waals surface area contributed by atoms with E-state index in [0.29, 0.717) is 0 Å². The van der Waals surface area contributed by atoms with E-state index in [9.17, 15) is 9.59 Å². The first-order valence-electron chi connectivity index (χ1n) is 3.16. The molecule has 0 atom stereocenters. The van der Waals surface area contributed by atoms with Gasteiger partial charge < -0.3 is 14.8 Å². The maximum Gasteiger partial charge on any atom is 0.396 e. The SMILES string of the molecule is CCOC(=O)C(=O)NCOC. The normalized spacial score (nSPS) is 8.91. The molecule has 1 N–H and O–H groups in total. The Balaban J connectivity index is 3.56. The molecule has 0 aromatic heterocycles. The van der Waals surface area contributed by atoms with Crippen molar-refractivity contribution in [3.8, 4) is 0 Å². The van der Waals surface area contributed by atoms with E-state index in [4.69, 9.17) is 0 Å². The van der Waals surface area contributed by atoms with Crippen molar-refractivity contribution in [2.75, 3.05) is 20.4 Å². The number of hydrogen-bond donors (Lipinski definition) is 1. The number of nitrogens with one attached hydrogen (secondary N) is 1. The molecular formula is C6H11NO4. The van der Waals surface area contributed by atoms with Gasteiger partial charge in [-0.1, -0.05) is 0 Å². The zero-order valence-corrected chi connectivity index (χ0v) is 6.55. The van der Waals surface area contributed by atoms with Crippen LogP contribution in [0.1, 0.15) is 6.92 Å². The van der Waals surface area contributed by atoms with Gasteiger partial charge in [0.05, 0.1) is 6.61 Å². The van der Waals surface area contributed by atoms with Crippen LogP contribution in [0.15, 0.2) is 0 Å². The minimum atomic E-state index is -0.885. The summed E-state index contributed by atoms with van der Waals surface area (Å²) in [6.07, 6.45) is 0. The summed E-state index contributed by atoms with van der Waals surface area (Å²) in [5.74, 6) is -1.67. The maximum absolute atomic E-state index is 10.6. The summed E-state index contributed by atoms with van der Waals surface area (Å²) in [5.41, 5.74) is 0. The third-order valence-electron chi connectivity index (χ3n) is 0.838. The lowest BCUT2D eigenvalue weighted by atomic mass is 10.6. The Morgan fingerprint density at radius 2 is 2.09 bits per heavy atom. The molecule has 0 aliphatic carbocycles. The van der Waals surface area contributed by atoms with Crippen molar-refractivity contribution in [1.82, 2.24) is 5.32 Å². The van der Waals surface area contributed by atoms with Crippen LogP contribution in [0, 0.1) is 0 Å². The van der Waals surface area contributed by atoms with Gasteiger partial charge in [0, 0.05) is 7.11 Å². The molecule has 0 aromatic carbocycles. The van der Waals surface area contributed by atoms with E-state index in [2.05, 4.69) is 14.8 Å². The first-order valence-corrected chi connectivity index (χ1v) is 3.16. The Kier molecular flexibility index (Phi) is 5.10. The third kappa shape index (κ3) is 4.32. The molecule has 5 nitrogen and oxygen atoms in total. The average Bonchev–Trinajstić information content (AvgIpc) is 2.00. The van der Waals surface area contributed by atoms with Crippen LogP contribution in [-0.4, -0.2) is 32.3 Å². The van der Waals surface area contributed by atoms with Gasteiger partial charge in [0.15, 0.2) is 0 Å². The first kappa shape index (κ1) is 9.90. The summed E-state index contributed by atoms with van der Waals surface area (Å²) in [6, 6.07) is 0. The number of ether oxygens (including phenoxy) is 2. The minimum Gasteiger partial charge on any atom is -0.459 e. The van der Waals surface area contributed by atoms with Gasteiger partial charge in [-0.3, -0.25) is 4.79 Å². The van der Waals surface area contributed by atoms with Crippen molar-refractivity contribution in [1.29, 1.82) is 0 Å². The molecular weight excluding hydrogens is 150 g/mol. The van der Waals surface area contributed by atoms with Gasteiger partial charge in [-0.05, 0) is 6.92 Å². The van der Waals surface area contributed by atoms with Crippen LogP contribution < -0.4 is 5.32 Å². The molecule has 0 fully saturated rings. The number of esters is 1. The Hall–Kier alpha value is -1.10. The summed E-state index contributed by atoms with van der Waals surface area (Å²) in [5, 5.41) is 2.18. The maximum atomic E-state index is 10.6. The molecule has 0 bridgehead atoms. The summed E-state index contributed by atoms with van der Waals surface area (Å²) < 4.78 is 8.90. The molecule has 0 spiro atoms. The van der Waals surface area contributed by atoms with E-state index >= 15 is 0 Å². The molecule has 64 valence electrons. The topological polar surface area (TPSA) is 64.6 Å². The highest BCUT2D eigenvalue weighted by Crippen LogP contribution is 1.77. The lowest BCUT2D eigenvalue weighted by Gasteiger charge is -2.01. The second kappa shape index (κ2) is 5.67. The van der Waals surface area contributed by atoms with Gasteiger partial charge in [-0.2, -0.15) is 0 Å². The molecule has 0 aliphatic rings. The summed E-state index contributed by atoms with van der Waals surface area (Å²) in [6.45, 7) is 1.83. The molecule has 5 heteroatoms. The van der Waals surface area contributed by atoms with E-state index in [0.717, 1.165) is 0 Å². The predicted molar refractivity (Wildman–Crippen MR) is 36.7 cm³/mol. The zero-order valence-electron chi connectivity index (χ0n) is 6.55. The molecule has 0 heterocycles. The zero-order chi connectivity index (χ0) is 8.69. The Morgan fingerprint density at radius 3 is 2.55 bits per heavy atom. The van der Waals surface area contributed by atoms with Crippen LogP contribution >= 0.6 is 0 Å². The summed E-state index contributed by atoms with van der Waals surface area (Å²) >= 11 is 0. The average molecular weight is 161 g/mol. The van der Waals surface area contributed by atoms with Crippen molar-refractivity contribution in [3.63, 3.8) is 0 Å². The Labute approximate surface area is 64.7 Å². The fourth-order valence-corrected chi connectivity index (χ4v) is 0.407. The highest BCUT2D eigenvalue weighted by Gasteiger charge is 2.12. The number of methoxy groups -OCH3 is 1. The van der Waals surface area contributed by atoms with E-state index in [-0.39, 0.29) is 13.3 Å². The van der Waals surface area contributed by atoms with E-state index < -0.39 is 11.9 Å². The minimum absolute atomic E-state index is 0.0116. The van der Waals surface area contributed by atoms with E-state index in [1.54, 1.807) is 6.92 Å². The number of rotatable bonds is 3. The van der Waals surface area contributed by atoms with Gasteiger partial charge in [0.2, 0.25) is 0 Å². The quantitative estimate of drug-likeness (QED) is 0.336. The lowest BCUT2D eigenvalue weighted by Crippen LogP contribution is -2.33. The third-order valence-corrected chi connectivity index (χ3v) is 0.838. The molecule has 0 radical (unpaired) electrons. The standard InChI is InChI=1S/C6H11NO4/c1-3-11-6(9)5(8)7-4-10-2/h3-4H2,1-2H3,(H,7,8). The fraction of sp³-hybridized carbons (Fsp3) is 0.667. The molecule has 0 unspecified atom stereocenters. The predicted octanol–water partition coefficient (Wildman–Crippen LogP) is -0.730. The molecule has 0 saturated carbocycles. The van der Waals surface area contributed by atoms with Crippen LogP contribution in [0.4, 0.5) is 0 Å². The van der Waals surface area contributed by atoms with Crippen molar-refractivity contribution in [2.24, 2.45) is 0 Å². The molecule has 0 rings (SSSR count). The Bertz CT molecular complexity index is 146. The van der Waals surface area contributed by atoms with Gasteiger partial charge in [0.1, 0.15) is 6.73 Å². The van der Waals surface area contributed by atoms with Crippen molar-refractivity contribution in [3.05, 3.63) is 0 Å². The smallest absolute Gasteiger partial charge is 0.396 e. The summed E-state index contributed by atoms with van der Waals surface area (Å²) in [4.78, 5) is 21.2. The van der Waals surface area contributed by atoms with Gasteiger partial charge in [-0.15, -0.1) is 0 Å². The molecule has 1 amide bonds. The second-order valence-electron chi connectivity index (χ2n) is 1.66. The highest BCUT2D eigenvalue weighted by atomic mass is 16.5. The monoisotopic (exact) mass is 161 g/mol. The van der Waals surface area contributed by atoms with Crippen LogP contribution in [0.3, 0.4) is 0 Å². The highest BCUT2D eigenvalue weighted by molar-refractivity contribution is 6.32. The molecule has 11 heavy (non-hydrogen) atoms.